The van der Waals surface area contributed by atoms with E-state index in [1.165, 1.54) is 24.8 Å². The average molecular weight is 260 g/mol. The van der Waals surface area contributed by atoms with Crippen LogP contribution in [-0.2, 0) is 0 Å². The quantitative estimate of drug-likeness (QED) is 0.756. The number of hydrogen-bond donors (Lipinski definition) is 0. The number of carbonyl (C=O) groups excluding carboxylic acids is 1. The molecule has 0 aromatic heterocycles. The van der Waals surface area contributed by atoms with Gasteiger partial charge in [-0.15, -0.1) is 0 Å². The number of ketones is 1. The largest absolute Gasteiger partial charge is 0.294 e. The van der Waals surface area contributed by atoms with Crippen molar-refractivity contribution in [2.24, 2.45) is 0 Å². The van der Waals surface area contributed by atoms with Crippen molar-refractivity contribution >= 4 is 17.5 Å². The topological polar surface area (TPSA) is 17.1 Å². The van der Waals surface area contributed by atoms with Crippen LogP contribution in [0, 0.1) is 12.7 Å². The molecule has 2 aromatic carbocycles. The van der Waals surface area contributed by atoms with Gasteiger partial charge in [-0.25, -0.2) is 4.39 Å². The van der Waals surface area contributed by atoms with E-state index in [1.54, 1.807) is 12.1 Å². The summed E-state index contributed by atoms with van der Waals surface area (Å²) in [5.41, 5.74) is 1.50. The Kier molecular flexibility index (Phi) is 3.82. The molecule has 0 unspecified atom stereocenters. The number of carbonyl (C=O) groups is 1. The van der Waals surface area contributed by atoms with Crippen molar-refractivity contribution in [2.45, 2.75) is 23.6 Å². The molecule has 0 fully saturated rings. The van der Waals surface area contributed by atoms with E-state index in [-0.39, 0.29) is 11.6 Å². The fourth-order valence-electron chi connectivity index (χ4n) is 1.67. The lowest BCUT2D eigenvalue weighted by Gasteiger charge is -2.09. The molecule has 0 bridgehead atoms. The summed E-state index contributed by atoms with van der Waals surface area (Å²) in [6.45, 7) is 3.42. The molecule has 2 rings (SSSR count). The Morgan fingerprint density at radius 3 is 2.50 bits per heavy atom. The van der Waals surface area contributed by atoms with Crippen LogP contribution in [0.4, 0.5) is 4.39 Å². The minimum atomic E-state index is -0.351. The second-order valence-electron chi connectivity index (χ2n) is 4.04. The van der Waals surface area contributed by atoms with Crippen molar-refractivity contribution in [3.8, 4) is 0 Å². The monoisotopic (exact) mass is 260 g/mol. The fourth-order valence-corrected chi connectivity index (χ4v) is 2.75. The molecule has 0 radical (unpaired) electrons. The Labute approximate surface area is 110 Å². The lowest BCUT2D eigenvalue weighted by molar-refractivity contribution is 0.101. The van der Waals surface area contributed by atoms with Gasteiger partial charge in [0.15, 0.2) is 5.78 Å². The van der Waals surface area contributed by atoms with Crippen LogP contribution >= 0.6 is 11.8 Å². The highest BCUT2D eigenvalue weighted by Gasteiger charge is 2.13. The Bertz CT molecular complexity index is 593. The highest BCUT2D eigenvalue weighted by atomic mass is 32.2. The molecule has 3 heteroatoms. The summed E-state index contributed by atoms with van der Waals surface area (Å²) in [5.74, 6) is -0.471. The van der Waals surface area contributed by atoms with Gasteiger partial charge in [-0.05, 0) is 31.5 Å². The number of Topliss-reactive ketones (excluding diaryl/α,β-unsaturated/α-hetero) is 1. The number of aryl methyl sites for hydroxylation is 1. The molecule has 0 saturated carbocycles. The molecule has 0 aliphatic heterocycles. The predicted octanol–water partition coefficient (Wildman–Crippen LogP) is 4.49. The second-order valence-corrected chi connectivity index (χ2v) is 5.09. The van der Waals surface area contributed by atoms with Gasteiger partial charge in [0.05, 0.1) is 4.90 Å². The first kappa shape index (κ1) is 12.8. The Hall–Kier alpha value is -1.61. The van der Waals surface area contributed by atoms with Crippen LogP contribution in [0.2, 0.25) is 0 Å². The SMILES string of the molecule is CC(=O)c1cccc(F)c1Sc1ccccc1C. The van der Waals surface area contributed by atoms with E-state index in [0.717, 1.165) is 10.5 Å². The van der Waals surface area contributed by atoms with Crippen LogP contribution in [0.25, 0.3) is 0 Å². The minimum Gasteiger partial charge on any atom is -0.294 e. The molecule has 0 atom stereocenters. The Balaban J connectivity index is 2.46. The summed E-state index contributed by atoms with van der Waals surface area (Å²) in [6.07, 6.45) is 0. The summed E-state index contributed by atoms with van der Waals surface area (Å²) in [4.78, 5) is 12.9. The van der Waals surface area contributed by atoms with Crippen LogP contribution in [0.5, 0.6) is 0 Å². The Morgan fingerprint density at radius 2 is 1.83 bits per heavy atom. The van der Waals surface area contributed by atoms with E-state index < -0.39 is 0 Å². The number of halogens is 1. The van der Waals surface area contributed by atoms with Gasteiger partial charge in [0.25, 0.3) is 0 Å². The first-order valence-corrected chi connectivity index (χ1v) is 6.44. The molecule has 18 heavy (non-hydrogen) atoms. The van der Waals surface area contributed by atoms with Gasteiger partial charge in [0.1, 0.15) is 5.82 Å². The molecule has 1 nitrogen and oxygen atoms in total. The van der Waals surface area contributed by atoms with Crippen LogP contribution in [-0.4, -0.2) is 5.78 Å². The lowest BCUT2D eigenvalue weighted by Crippen LogP contribution is -1.97. The Morgan fingerprint density at radius 1 is 1.11 bits per heavy atom. The van der Waals surface area contributed by atoms with E-state index in [2.05, 4.69) is 0 Å². The van der Waals surface area contributed by atoms with Crippen LogP contribution < -0.4 is 0 Å². The zero-order valence-corrected chi connectivity index (χ0v) is 11.1. The maximum absolute atomic E-state index is 13.9. The summed E-state index contributed by atoms with van der Waals surface area (Å²) < 4.78 is 13.9. The van der Waals surface area contributed by atoms with Crippen molar-refractivity contribution in [1.82, 2.24) is 0 Å². The highest BCUT2D eigenvalue weighted by Crippen LogP contribution is 2.34. The van der Waals surface area contributed by atoms with Crippen molar-refractivity contribution in [3.05, 3.63) is 59.4 Å². The third-order valence-corrected chi connectivity index (χ3v) is 3.95. The molecular weight excluding hydrogens is 247 g/mol. The fraction of sp³-hybridized carbons (Fsp3) is 0.133. The summed E-state index contributed by atoms with van der Waals surface area (Å²) in [7, 11) is 0. The maximum atomic E-state index is 13.9. The van der Waals surface area contributed by atoms with Crippen molar-refractivity contribution in [1.29, 1.82) is 0 Å². The first-order valence-electron chi connectivity index (χ1n) is 5.62. The summed E-state index contributed by atoms with van der Waals surface area (Å²) in [5, 5.41) is 0. The van der Waals surface area contributed by atoms with Gasteiger partial charge < -0.3 is 0 Å². The van der Waals surface area contributed by atoms with E-state index in [9.17, 15) is 9.18 Å². The third-order valence-electron chi connectivity index (χ3n) is 2.65. The maximum Gasteiger partial charge on any atom is 0.161 e. The van der Waals surface area contributed by atoms with Crippen LogP contribution in [0.1, 0.15) is 22.8 Å². The smallest absolute Gasteiger partial charge is 0.161 e. The van der Waals surface area contributed by atoms with Gasteiger partial charge in [-0.3, -0.25) is 4.79 Å². The van der Waals surface area contributed by atoms with Crippen LogP contribution in [0.3, 0.4) is 0 Å². The number of rotatable bonds is 3. The second kappa shape index (κ2) is 5.36. The normalized spacial score (nSPS) is 10.4. The molecular formula is C15H13FOS. The van der Waals surface area contributed by atoms with Gasteiger partial charge in [0, 0.05) is 10.5 Å². The minimum absolute atomic E-state index is 0.120. The van der Waals surface area contributed by atoms with Gasteiger partial charge >= 0.3 is 0 Å². The van der Waals surface area contributed by atoms with Crippen molar-refractivity contribution in [2.75, 3.05) is 0 Å². The molecule has 0 aliphatic rings. The van der Waals surface area contributed by atoms with Crippen LogP contribution in [0.15, 0.2) is 52.3 Å². The zero-order chi connectivity index (χ0) is 13.1. The van der Waals surface area contributed by atoms with E-state index in [1.807, 2.05) is 31.2 Å². The van der Waals surface area contributed by atoms with E-state index in [0.29, 0.717) is 10.5 Å². The molecule has 0 N–H and O–H groups in total. The van der Waals surface area contributed by atoms with E-state index >= 15 is 0 Å². The van der Waals surface area contributed by atoms with Crippen molar-refractivity contribution < 1.29 is 9.18 Å². The highest BCUT2D eigenvalue weighted by molar-refractivity contribution is 7.99. The first-order chi connectivity index (χ1) is 8.59. The molecule has 0 amide bonds. The average Bonchev–Trinajstić information content (AvgIpc) is 2.34. The molecule has 0 heterocycles. The third kappa shape index (κ3) is 2.62. The number of benzene rings is 2. The van der Waals surface area contributed by atoms with Gasteiger partial charge in [0.2, 0.25) is 0 Å². The molecule has 0 aliphatic carbocycles. The lowest BCUT2D eigenvalue weighted by atomic mass is 10.1. The summed E-state index contributed by atoms with van der Waals surface area (Å²) in [6, 6.07) is 12.3. The standard InChI is InChI=1S/C15H13FOS/c1-10-6-3-4-9-14(10)18-15-12(11(2)17)7-5-8-13(15)16/h3-9H,1-2H3. The predicted molar refractivity (Wildman–Crippen MR) is 71.7 cm³/mol. The molecule has 2 aromatic rings. The zero-order valence-electron chi connectivity index (χ0n) is 10.2. The van der Waals surface area contributed by atoms with Crippen molar-refractivity contribution in [3.63, 3.8) is 0 Å². The molecule has 0 spiro atoms. The van der Waals surface area contributed by atoms with E-state index in [4.69, 9.17) is 0 Å². The summed E-state index contributed by atoms with van der Waals surface area (Å²) >= 11 is 1.30. The van der Waals surface area contributed by atoms with Gasteiger partial charge in [-0.2, -0.15) is 0 Å². The van der Waals surface area contributed by atoms with Gasteiger partial charge in [-0.1, -0.05) is 42.1 Å². The molecule has 0 saturated heterocycles. The molecule has 92 valence electrons. The number of hydrogen-bond acceptors (Lipinski definition) is 2.